The molecule has 0 saturated carbocycles. The maximum atomic E-state index is 12.1. The van der Waals surface area contributed by atoms with Gasteiger partial charge in [-0.3, -0.25) is 9.78 Å². The van der Waals surface area contributed by atoms with Gasteiger partial charge in [0.1, 0.15) is 5.52 Å². The largest absolute Gasteiger partial charge is 0.449 e. The zero-order valence-electron chi connectivity index (χ0n) is 10.7. The van der Waals surface area contributed by atoms with Crippen molar-refractivity contribution < 1.29 is 9.21 Å². The second-order valence-electron chi connectivity index (χ2n) is 4.42. The van der Waals surface area contributed by atoms with Gasteiger partial charge < -0.3 is 9.73 Å². The summed E-state index contributed by atoms with van der Waals surface area (Å²) >= 11 is 6.02. The zero-order valence-corrected chi connectivity index (χ0v) is 11.4. The van der Waals surface area contributed by atoms with E-state index in [1.165, 1.54) is 0 Å². The molecule has 0 bridgehead atoms. The van der Waals surface area contributed by atoms with E-state index in [1.807, 2.05) is 13.0 Å². The highest BCUT2D eigenvalue weighted by Crippen LogP contribution is 2.22. The Kier molecular flexibility index (Phi) is 3.16. The number of furan rings is 1. The van der Waals surface area contributed by atoms with Gasteiger partial charge in [0.05, 0.1) is 0 Å². The van der Waals surface area contributed by atoms with Gasteiger partial charge in [0.2, 0.25) is 0 Å². The van der Waals surface area contributed by atoms with Crippen LogP contribution in [0.25, 0.3) is 11.1 Å². The number of aromatic nitrogens is 1. The predicted octanol–water partition coefficient (Wildman–Crippen LogP) is 4.04. The van der Waals surface area contributed by atoms with Crippen LogP contribution in [0.2, 0.25) is 5.02 Å². The second-order valence-corrected chi connectivity index (χ2v) is 4.82. The summed E-state index contributed by atoms with van der Waals surface area (Å²) in [6, 6.07) is 10.5. The molecule has 0 radical (unpaired) electrons. The third-order valence-electron chi connectivity index (χ3n) is 2.94. The van der Waals surface area contributed by atoms with Gasteiger partial charge in [0, 0.05) is 23.0 Å². The average Bonchev–Trinajstić information content (AvgIpc) is 2.87. The lowest BCUT2D eigenvalue weighted by atomic mass is 10.2. The molecule has 1 aromatic carbocycles. The quantitative estimate of drug-likeness (QED) is 0.773. The Morgan fingerprint density at radius 2 is 2.15 bits per heavy atom. The number of carbonyl (C=O) groups is 1. The highest BCUT2D eigenvalue weighted by atomic mass is 35.5. The minimum Gasteiger partial charge on any atom is -0.449 e. The van der Waals surface area contributed by atoms with Gasteiger partial charge in [-0.1, -0.05) is 17.7 Å². The third kappa shape index (κ3) is 2.38. The first-order valence-corrected chi connectivity index (χ1v) is 6.43. The van der Waals surface area contributed by atoms with Crippen molar-refractivity contribution in [2.75, 3.05) is 5.32 Å². The molecule has 20 heavy (non-hydrogen) atoms. The topological polar surface area (TPSA) is 55.1 Å². The summed E-state index contributed by atoms with van der Waals surface area (Å²) in [7, 11) is 0. The number of fused-ring (bicyclic) bond motifs is 1. The average molecular weight is 287 g/mol. The molecule has 100 valence electrons. The van der Waals surface area contributed by atoms with Crippen LogP contribution >= 0.6 is 11.6 Å². The standard InChI is InChI=1S/C15H11ClN2O2/c1-9-4-5-10(7-11(9)16)18-15(19)14-8-12-13(20-14)3-2-6-17-12/h2-8H,1H3,(H,18,19). The number of hydrogen-bond donors (Lipinski definition) is 1. The first-order chi connectivity index (χ1) is 9.63. The van der Waals surface area contributed by atoms with Crippen LogP contribution < -0.4 is 5.32 Å². The van der Waals surface area contributed by atoms with Crippen LogP contribution in [-0.4, -0.2) is 10.9 Å². The van der Waals surface area contributed by atoms with Crippen molar-refractivity contribution >= 4 is 34.3 Å². The van der Waals surface area contributed by atoms with Gasteiger partial charge in [-0.15, -0.1) is 0 Å². The molecule has 1 amide bonds. The molecular formula is C15H11ClN2O2. The van der Waals surface area contributed by atoms with Gasteiger partial charge in [-0.2, -0.15) is 0 Å². The van der Waals surface area contributed by atoms with E-state index in [2.05, 4.69) is 10.3 Å². The molecule has 2 aromatic heterocycles. The summed E-state index contributed by atoms with van der Waals surface area (Å²) in [4.78, 5) is 16.2. The summed E-state index contributed by atoms with van der Waals surface area (Å²) in [5, 5.41) is 3.35. The minimum atomic E-state index is -0.331. The van der Waals surface area contributed by atoms with Gasteiger partial charge in [-0.05, 0) is 36.8 Å². The molecule has 4 nitrogen and oxygen atoms in total. The van der Waals surface area contributed by atoms with E-state index in [4.69, 9.17) is 16.0 Å². The fourth-order valence-electron chi connectivity index (χ4n) is 1.84. The number of pyridine rings is 1. The van der Waals surface area contributed by atoms with Crippen LogP contribution in [0.15, 0.2) is 47.0 Å². The van der Waals surface area contributed by atoms with Gasteiger partial charge >= 0.3 is 0 Å². The SMILES string of the molecule is Cc1ccc(NC(=O)c2cc3ncccc3o2)cc1Cl. The molecular weight excluding hydrogens is 276 g/mol. The molecule has 0 spiro atoms. The fourth-order valence-corrected chi connectivity index (χ4v) is 2.03. The molecule has 2 heterocycles. The van der Waals surface area contributed by atoms with Crippen molar-refractivity contribution in [2.24, 2.45) is 0 Å². The minimum absolute atomic E-state index is 0.218. The van der Waals surface area contributed by atoms with Crippen molar-refractivity contribution in [3.05, 3.63) is 58.9 Å². The van der Waals surface area contributed by atoms with E-state index in [0.29, 0.717) is 21.8 Å². The molecule has 0 aliphatic rings. The van der Waals surface area contributed by atoms with Crippen molar-refractivity contribution in [1.82, 2.24) is 4.98 Å². The van der Waals surface area contributed by atoms with Crippen molar-refractivity contribution in [1.29, 1.82) is 0 Å². The fraction of sp³-hybridized carbons (Fsp3) is 0.0667. The number of amides is 1. The molecule has 0 saturated heterocycles. The van der Waals surface area contributed by atoms with Crippen LogP contribution in [-0.2, 0) is 0 Å². The van der Waals surface area contributed by atoms with E-state index in [9.17, 15) is 4.79 Å². The Morgan fingerprint density at radius 3 is 2.90 bits per heavy atom. The number of rotatable bonds is 2. The third-order valence-corrected chi connectivity index (χ3v) is 3.35. The van der Waals surface area contributed by atoms with Gasteiger partial charge in [-0.25, -0.2) is 0 Å². The highest BCUT2D eigenvalue weighted by molar-refractivity contribution is 6.31. The number of nitrogens with zero attached hydrogens (tertiary/aromatic N) is 1. The Hall–Kier alpha value is -2.33. The maximum absolute atomic E-state index is 12.1. The Bertz CT molecular complexity index is 762. The molecule has 5 heteroatoms. The molecule has 0 fully saturated rings. The van der Waals surface area contributed by atoms with Gasteiger partial charge in [0.15, 0.2) is 11.3 Å². The van der Waals surface area contributed by atoms with Crippen LogP contribution in [0.4, 0.5) is 5.69 Å². The summed E-state index contributed by atoms with van der Waals surface area (Å²) in [5.41, 5.74) is 2.82. The molecule has 0 aliphatic heterocycles. The number of aryl methyl sites for hydroxylation is 1. The molecule has 0 unspecified atom stereocenters. The molecule has 1 N–H and O–H groups in total. The van der Waals surface area contributed by atoms with Crippen molar-refractivity contribution in [3.63, 3.8) is 0 Å². The van der Waals surface area contributed by atoms with E-state index >= 15 is 0 Å². The summed E-state index contributed by atoms with van der Waals surface area (Å²) in [6.07, 6.45) is 1.65. The summed E-state index contributed by atoms with van der Waals surface area (Å²) in [5.74, 6) is -0.113. The van der Waals surface area contributed by atoms with Gasteiger partial charge in [0.25, 0.3) is 5.91 Å². The zero-order chi connectivity index (χ0) is 14.1. The highest BCUT2D eigenvalue weighted by Gasteiger charge is 2.13. The number of hydrogen-bond acceptors (Lipinski definition) is 3. The van der Waals surface area contributed by atoms with Crippen LogP contribution in [0, 0.1) is 6.92 Å². The lowest BCUT2D eigenvalue weighted by Gasteiger charge is -2.04. The maximum Gasteiger partial charge on any atom is 0.291 e. The first kappa shape index (κ1) is 12.7. The Morgan fingerprint density at radius 1 is 1.30 bits per heavy atom. The molecule has 0 aliphatic carbocycles. The molecule has 0 atom stereocenters. The Balaban J connectivity index is 1.86. The molecule has 3 aromatic rings. The monoisotopic (exact) mass is 286 g/mol. The van der Waals surface area contributed by atoms with E-state index in [-0.39, 0.29) is 11.7 Å². The number of anilines is 1. The lowest BCUT2D eigenvalue weighted by Crippen LogP contribution is -2.10. The van der Waals surface area contributed by atoms with E-state index < -0.39 is 0 Å². The number of carbonyl (C=O) groups excluding carboxylic acids is 1. The van der Waals surface area contributed by atoms with Crippen LogP contribution in [0.5, 0.6) is 0 Å². The summed E-state index contributed by atoms with van der Waals surface area (Å²) < 4.78 is 5.45. The number of halogens is 1. The van der Waals surface area contributed by atoms with Crippen molar-refractivity contribution in [3.8, 4) is 0 Å². The van der Waals surface area contributed by atoms with Crippen LogP contribution in [0.3, 0.4) is 0 Å². The van der Waals surface area contributed by atoms with E-state index in [0.717, 1.165) is 5.56 Å². The van der Waals surface area contributed by atoms with Crippen LogP contribution in [0.1, 0.15) is 16.1 Å². The Labute approximate surface area is 120 Å². The summed E-state index contributed by atoms with van der Waals surface area (Å²) in [6.45, 7) is 1.90. The number of benzene rings is 1. The van der Waals surface area contributed by atoms with Crippen molar-refractivity contribution in [2.45, 2.75) is 6.92 Å². The predicted molar refractivity (Wildman–Crippen MR) is 78.2 cm³/mol. The lowest BCUT2D eigenvalue weighted by molar-refractivity contribution is 0.0998. The smallest absolute Gasteiger partial charge is 0.291 e. The van der Waals surface area contributed by atoms with E-state index in [1.54, 1.807) is 36.5 Å². The second kappa shape index (κ2) is 4.98. The number of nitrogens with one attached hydrogen (secondary N) is 1. The molecule has 3 rings (SSSR count). The first-order valence-electron chi connectivity index (χ1n) is 6.05. The normalized spacial score (nSPS) is 10.7.